The molecule has 4 nitrogen and oxygen atoms in total. The molecule has 142 valence electrons. The van der Waals surface area contributed by atoms with Crippen LogP contribution in [0.15, 0.2) is 105 Å². The van der Waals surface area contributed by atoms with Crippen molar-refractivity contribution >= 4 is 23.8 Å². The predicted molar refractivity (Wildman–Crippen MR) is 117 cm³/mol. The van der Waals surface area contributed by atoms with Crippen molar-refractivity contribution in [1.82, 2.24) is 0 Å². The van der Waals surface area contributed by atoms with E-state index < -0.39 is 12.2 Å². The summed E-state index contributed by atoms with van der Waals surface area (Å²) in [6.07, 6.45) is 17.0. The van der Waals surface area contributed by atoms with Crippen LogP contribution in [0.5, 0.6) is 0 Å². The molecule has 0 heterocycles. The van der Waals surface area contributed by atoms with Crippen molar-refractivity contribution in [1.29, 1.82) is 0 Å². The maximum atomic E-state index is 10.4. The summed E-state index contributed by atoms with van der Waals surface area (Å²) >= 11 is 0. The van der Waals surface area contributed by atoms with E-state index in [0.29, 0.717) is 11.4 Å². The fraction of sp³-hybridized carbons (Fsp3) is 0.167. The van der Waals surface area contributed by atoms with Crippen LogP contribution in [0, 0.1) is 0 Å². The maximum Gasteiger partial charge on any atom is 0.105 e. The summed E-state index contributed by atoms with van der Waals surface area (Å²) in [6, 6.07) is 7.52. The van der Waals surface area contributed by atoms with Crippen molar-refractivity contribution in [2.45, 2.75) is 26.1 Å². The first-order valence-corrected chi connectivity index (χ1v) is 9.26. The molecule has 2 aliphatic rings. The van der Waals surface area contributed by atoms with Gasteiger partial charge in [0, 0.05) is 23.6 Å². The number of rotatable bonds is 4. The first-order chi connectivity index (χ1) is 13.6. The highest BCUT2D eigenvalue weighted by atomic mass is 16.3. The molecule has 0 aliphatic heterocycles. The molecule has 2 atom stereocenters. The molecule has 1 aromatic rings. The Morgan fingerprint density at radius 1 is 0.750 bits per heavy atom. The van der Waals surface area contributed by atoms with Gasteiger partial charge in [0.2, 0.25) is 0 Å². The van der Waals surface area contributed by atoms with Crippen LogP contribution >= 0.6 is 0 Å². The van der Waals surface area contributed by atoms with E-state index in [2.05, 4.69) is 9.98 Å². The van der Waals surface area contributed by atoms with Crippen molar-refractivity contribution < 1.29 is 10.2 Å². The van der Waals surface area contributed by atoms with Gasteiger partial charge in [-0.25, -0.2) is 0 Å². The van der Waals surface area contributed by atoms with E-state index in [0.717, 1.165) is 22.3 Å². The quantitative estimate of drug-likeness (QED) is 0.753. The van der Waals surface area contributed by atoms with Crippen molar-refractivity contribution in [3.8, 4) is 0 Å². The first kappa shape index (κ1) is 19.7. The zero-order valence-corrected chi connectivity index (χ0v) is 16.0. The van der Waals surface area contributed by atoms with Gasteiger partial charge in [-0.05, 0) is 37.1 Å². The number of aliphatic hydroxyl groups is 2. The van der Waals surface area contributed by atoms with Gasteiger partial charge in [0.15, 0.2) is 0 Å². The number of hydrogen-bond donors (Lipinski definition) is 2. The predicted octanol–water partition coefficient (Wildman–Crippen LogP) is 4.70. The van der Waals surface area contributed by atoms with Gasteiger partial charge in [-0.1, -0.05) is 60.7 Å². The standard InChI is InChI=1S/C24H24N2O2/c1-3-17-9-7-11-19(23(17)27)15-25-21-13-5-6-14-22(21)26-16-20-12-8-10-18(4-2)24(20)28/h3-16,23-24,27-28H,1-2H3. The molecule has 2 aliphatic carbocycles. The topological polar surface area (TPSA) is 65.2 Å². The molecule has 0 bridgehead atoms. The van der Waals surface area contributed by atoms with Gasteiger partial charge in [0.05, 0.1) is 11.4 Å². The Balaban J connectivity index is 1.83. The average Bonchev–Trinajstić information content (AvgIpc) is 2.73. The monoisotopic (exact) mass is 372 g/mol. The Morgan fingerprint density at radius 3 is 1.57 bits per heavy atom. The van der Waals surface area contributed by atoms with Crippen LogP contribution in [0.25, 0.3) is 0 Å². The van der Waals surface area contributed by atoms with Gasteiger partial charge in [-0.2, -0.15) is 0 Å². The van der Waals surface area contributed by atoms with Crippen LogP contribution in [0.4, 0.5) is 11.4 Å². The van der Waals surface area contributed by atoms with Gasteiger partial charge >= 0.3 is 0 Å². The van der Waals surface area contributed by atoms with E-state index in [4.69, 9.17) is 0 Å². The van der Waals surface area contributed by atoms with Crippen LogP contribution < -0.4 is 0 Å². The molecule has 0 saturated carbocycles. The van der Waals surface area contributed by atoms with Crippen LogP contribution in [0.2, 0.25) is 0 Å². The zero-order valence-electron chi connectivity index (χ0n) is 16.0. The van der Waals surface area contributed by atoms with E-state index in [1.807, 2.05) is 86.7 Å². The molecule has 0 fully saturated rings. The number of aliphatic imine (C=N–C) groups is 2. The summed E-state index contributed by atoms with van der Waals surface area (Å²) in [4.78, 5) is 9.05. The van der Waals surface area contributed by atoms with Gasteiger partial charge in [-0.3, -0.25) is 9.98 Å². The lowest BCUT2D eigenvalue weighted by Gasteiger charge is -2.16. The number of nitrogens with zero attached hydrogens (tertiary/aromatic N) is 2. The highest BCUT2D eigenvalue weighted by Gasteiger charge is 2.15. The Kier molecular flexibility index (Phi) is 6.48. The molecule has 2 unspecified atom stereocenters. The lowest BCUT2D eigenvalue weighted by molar-refractivity contribution is 0.256. The average molecular weight is 372 g/mol. The van der Waals surface area contributed by atoms with Crippen molar-refractivity contribution in [3.63, 3.8) is 0 Å². The Morgan fingerprint density at radius 2 is 1.18 bits per heavy atom. The molecule has 1 aromatic carbocycles. The summed E-state index contributed by atoms with van der Waals surface area (Å²) in [5.74, 6) is 0. The van der Waals surface area contributed by atoms with Crippen LogP contribution in [0.1, 0.15) is 13.8 Å². The van der Waals surface area contributed by atoms with Crippen molar-refractivity contribution in [2.24, 2.45) is 9.98 Å². The molecule has 28 heavy (non-hydrogen) atoms. The molecule has 3 rings (SSSR count). The fourth-order valence-electron chi connectivity index (χ4n) is 3.00. The lowest BCUT2D eigenvalue weighted by atomic mass is 9.97. The zero-order chi connectivity index (χ0) is 19.9. The molecule has 0 amide bonds. The maximum absolute atomic E-state index is 10.4. The molecule has 0 aromatic heterocycles. The molecule has 4 heteroatoms. The number of para-hydroxylation sites is 2. The SMILES string of the molecule is CC=C1C=CC=C(C=Nc2ccccc2N=CC2=CC=CC(=CC)C2O)C1O. The molecule has 0 saturated heterocycles. The second-order valence-corrected chi connectivity index (χ2v) is 6.44. The minimum atomic E-state index is -0.678. The molecule has 0 radical (unpaired) electrons. The Hall–Kier alpha value is -3.08. The first-order valence-electron chi connectivity index (χ1n) is 9.26. The van der Waals surface area contributed by atoms with Gasteiger partial charge < -0.3 is 10.2 Å². The fourth-order valence-corrected chi connectivity index (χ4v) is 3.00. The summed E-state index contributed by atoms with van der Waals surface area (Å²) < 4.78 is 0. The Labute approximate surface area is 165 Å². The van der Waals surface area contributed by atoms with E-state index in [1.165, 1.54) is 0 Å². The summed E-state index contributed by atoms with van der Waals surface area (Å²) in [5, 5.41) is 20.7. The third kappa shape index (κ3) is 4.42. The third-order valence-electron chi connectivity index (χ3n) is 4.67. The lowest BCUT2D eigenvalue weighted by Crippen LogP contribution is -2.15. The number of hydrogen-bond acceptors (Lipinski definition) is 4. The highest BCUT2D eigenvalue weighted by Crippen LogP contribution is 2.28. The smallest absolute Gasteiger partial charge is 0.105 e. The van der Waals surface area contributed by atoms with Gasteiger partial charge in [-0.15, -0.1) is 0 Å². The largest absolute Gasteiger partial charge is 0.384 e. The minimum Gasteiger partial charge on any atom is -0.384 e. The summed E-state index contributed by atoms with van der Waals surface area (Å²) in [7, 11) is 0. The van der Waals surface area contributed by atoms with Crippen molar-refractivity contribution in [2.75, 3.05) is 0 Å². The van der Waals surface area contributed by atoms with E-state index in [-0.39, 0.29) is 0 Å². The molecular weight excluding hydrogens is 348 g/mol. The normalized spacial score (nSPS) is 25.1. The second-order valence-electron chi connectivity index (χ2n) is 6.44. The van der Waals surface area contributed by atoms with Crippen LogP contribution in [0.3, 0.4) is 0 Å². The number of benzene rings is 1. The van der Waals surface area contributed by atoms with E-state index in [9.17, 15) is 10.2 Å². The van der Waals surface area contributed by atoms with Gasteiger partial charge in [0.1, 0.15) is 12.2 Å². The highest BCUT2D eigenvalue weighted by molar-refractivity contribution is 5.88. The second kappa shape index (κ2) is 9.22. The minimum absolute atomic E-state index is 0.678. The summed E-state index contributed by atoms with van der Waals surface area (Å²) in [5.41, 5.74) is 4.53. The number of aliphatic hydroxyl groups excluding tert-OH is 2. The number of allylic oxidation sites excluding steroid dienone is 6. The van der Waals surface area contributed by atoms with Crippen LogP contribution in [-0.4, -0.2) is 34.9 Å². The van der Waals surface area contributed by atoms with Gasteiger partial charge in [0.25, 0.3) is 0 Å². The van der Waals surface area contributed by atoms with Crippen molar-refractivity contribution in [3.05, 3.63) is 95.2 Å². The molecular formula is C24H24N2O2. The molecule has 2 N–H and O–H groups in total. The van der Waals surface area contributed by atoms with E-state index >= 15 is 0 Å². The van der Waals surface area contributed by atoms with E-state index in [1.54, 1.807) is 12.4 Å². The third-order valence-corrected chi connectivity index (χ3v) is 4.67. The Bertz CT molecular complexity index is 893. The summed E-state index contributed by atoms with van der Waals surface area (Å²) in [6.45, 7) is 3.80. The molecule has 0 spiro atoms. The van der Waals surface area contributed by atoms with Crippen LogP contribution in [-0.2, 0) is 0 Å².